The number of rotatable bonds is 7. The number of halogens is 3. The van der Waals surface area contributed by atoms with Crippen LogP contribution in [0.1, 0.15) is 71.7 Å². The van der Waals surface area contributed by atoms with Crippen molar-refractivity contribution in [2.75, 3.05) is 0 Å². The zero-order valence-electron chi connectivity index (χ0n) is 22.4. The average molecular weight is 542 g/mol. The van der Waals surface area contributed by atoms with Crippen LogP contribution in [-0.4, -0.2) is 49.8 Å². The van der Waals surface area contributed by atoms with Gasteiger partial charge in [0.2, 0.25) is 0 Å². The van der Waals surface area contributed by atoms with Crippen LogP contribution in [0.3, 0.4) is 0 Å². The fourth-order valence-corrected chi connectivity index (χ4v) is 4.09. The van der Waals surface area contributed by atoms with Crippen molar-refractivity contribution in [2.45, 2.75) is 90.8 Å². The van der Waals surface area contributed by atoms with E-state index in [1.807, 2.05) is 0 Å². The van der Waals surface area contributed by atoms with Gasteiger partial charge in [-0.2, -0.15) is 13.2 Å². The Labute approximate surface area is 219 Å². The lowest BCUT2D eigenvalue weighted by atomic mass is 9.87. The normalized spacial score (nSPS) is 18.3. The first-order valence-corrected chi connectivity index (χ1v) is 12.4. The molecule has 0 aromatic carbocycles. The lowest BCUT2D eigenvalue weighted by Crippen LogP contribution is -2.32. The van der Waals surface area contributed by atoms with Gasteiger partial charge in [-0.25, -0.2) is 14.5 Å². The largest absolute Gasteiger partial charge is 0.488 e. The number of alkyl halides is 3. The van der Waals surface area contributed by atoms with Gasteiger partial charge in [0, 0.05) is 7.05 Å². The average Bonchev–Trinajstić information content (AvgIpc) is 3.16. The van der Waals surface area contributed by atoms with Crippen LogP contribution < -0.4 is 10.1 Å². The molecule has 0 bridgehead atoms. The first kappa shape index (κ1) is 29.2. The van der Waals surface area contributed by atoms with Crippen LogP contribution in [0.25, 0.3) is 11.4 Å². The minimum absolute atomic E-state index is 0.0785. The van der Waals surface area contributed by atoms with Gasteiger partial charge in [-0.15, -0.1) is 5.10 Å². The Morgan fingerprint density at radius 2 is 1.89 bits per heavy atom. The zero-order valence-corrected chi connectivity index (χ0v) is 22.4. The number of aryl methyl sites for hydroxylation is 1. The molecule has 13 heteroatoms. The maximum atomic E-state index is 14.0. The Morgan fingerprint density at radius 1 is 1.18 bits per heavy atom. The summed E-state index contributed by atoms with van der Waals surface area (Å²) >= 11 is 0. The molecule has 2 aromatic rings. The van der Waals surface area contributed by atoms with Gasteiger partial charge in [0.05, 0.1) is 36.1 Å². The molecule has 2 aromatic heterocycles. The Hall–Kier alpha value is -3.38. The number of ether oxygens (including phenoxy) is 3. The monoisotopic (exact) mass is 541 g/mol. The Bertz CT molecular complexity index is 1140. The van der Waals surface area contributed by atoms with E-state index in [1.54, 1.807) is 41.7 Å². The molecule has 10 nitrogen and oxygen atoms in total. The van der Waals surface area contributed by atoms with E-state index in [0.29, 0.717) is 25.0 Å². The second-order valence-electron chi connectivity index (χ2n) is 10.5. The van der Waals surface area contributed by atoms with E-state index in [9.17, 15) is 22.8 Å². The Balaban J connectivity index is 1.82. The molecule has 1 amide bonds. The first-order valence-electron chi connectivity index (χ1n) is 12.4. The van der Waals surface area contributed by atoms with Crippen LogP contribution in [0.5, 0.6) is 5.75 Å². The minimum atomic E-state index is -4.81. The number of nitrogens with zero attached hydrogens (tertiary/aromatic N) is 4. The maximum Gasteiger partial charge on any atom is 0.437 e. The lowest BCUT2D eigenvalue weighted by molar-refractivity contribution is -0.155. The number of hydrogen-bond acceptors (Lipinski definition) is 8. The molecule has 38 heavy (non-hydrogen) atoms. The smallest absolute Gasteiger partial charge is 0.437 e. The topological polar surface area (TPSA) is 117 Å². The van der Waals surface area contributed by atoms with Crippen LogP contribution in [-0.2, 0) is 34.0 Å². The van der Waals surface area contributed by atoms with E-state index in [1.165, 1.54) is 16.8 Å². The lowest BCUT2D eigenvalue weighted by Gasteiger charge is -2.29. The highest BCUT2D eigenvalue weighted by atomic mass is 19.4. The highest BCUT2D eigenvalue weighted by molar-refractivity contribution is 5.72. The third-order valence-corrected chi connectivity index (χ3v) is 5.72. The third-order valence-electron chi connectivity index (χ3n) is 5.72. The number of alkyl carbamates (subject to hydrolysis) is 1. The number of amides is 1. The van der Waals surface area contributed by atoms with E-state index in [4.69, 9.17) is 14.2 Å². The number of nitrogens with one attached hydrogen (secondary N) is 1. The van der Waals surface area contributed by atoms with Crippen LogP contribution in [0.2, 0.25) is 0 Å². The number of aromatic nitrogens is 4. The summed E-state index contributed by atoms with van der Waals surface area (Å²) in [6, 6.07) is 2.56. The van der Waals surface area contributed by atoms with Crippen LogP contribution >= 0.6 is 0 Å². The standard InChI is InChI=1S/C25H34F3N5O5/c1-14(2)36-22(34)15-8-7-9-16(12-15)37-19-11-10-17(30-21(19)25(26,27)28)20-18(33(6)32-31-20)13-29-23(35)38-24(3,4)5/h10-11,14-16H,7-9,12-13H2,1-6H3,(H,29,35)/t15-,16?/m0/s1. The fraction of sp³-hybridized carbons (Fsp3) is 0.640. The summed E-state index contributed by atoms with van der Waals surface area (Å²) in [5.41, 5.74) is -1.60. The highest BCUT2D eigenvalue weighted by Gasteiger charge is 2.39. The molecule has 1 saturated carbocycles. The van der Waals surface area contributed by atoms with E-state index in [2.05, 4.69) is 20.6 Å². The summed E-state index contributed by atoms with van der Waals surface area (Å²) in [7, 11) is 1.55. The highest BCUT2D eigenvalue weighted by Crippen LogP contribution is 2.38. The summed E-state index contributed by atoms with van der Waals surface area (Å²) in [5, 5.41) is 10.4. The Kier molecular flexibility index (Phi) is 8.88. The number of pyridine rings is 1. The van der Waals surface area contributed by atoms with Crippen molar-refractivity contribution in [1.82, 2.24) is 25.3 Å². The zero-order chi connectivity index (χ0) is 28.3. The number of esters is 1. The predicted molar refractivity (Wildman–Crippen MR) is 130 cm³/mol. The van der Waals surface area contributed by atoms with Crippen molar-refractivity contribution in [3.63, 3.8) is 0 Å². The molecule has 1 aliphatic rings. The van der Waals surface area contributed by atoms with E-state index < -0.39 is 41.3 Å². The van der Waals surface area contributed by atoms with Gasteiger partial charge in [-0.3, -0.25) is 4.79 Å². The van der Waals surface area contributed by atoms with Crippen molar-refractivity contribution < 1.29 is 37.0 Å². The number of carbonyl (C=O) groups excluding carboxylic acids is 2. The second kappa shape index (κ2) is 11.6. The molecule has 2 heterocycles. The molecule has 1 aliphatic carbocycles. The summed E-state index contributed by atoms with van der Waals surface area (Å²) in [5.74, 6) is -1.23. The van der Waals surface area contributed by atoms with Crippen LogP contribution in [0, 0.1) is 5.92 Å². The molecule has 0 spiro atoms. The van der Waals surface area contributed by atoms with Crippen LogP contribution in [0.15, 0.2) is 12.1 Å². The maximum absolute atomic E-state index is 14.0. The van der Waals surface area contributed by atoms with Crippen molar-refractivity contribution in [1.29, 1.82) is 0 Å². The molecular weight excluding hydrogens is 507 g/mol. The summed E-state index contributed by atoms with van der Waals surface area (Å²) in [6.07, 6.45) is -4.38. The molecule has 0 radical (unpaired) electrons. The molecule has 210 valence electrons. The molecule has 0 saturated heterocycles. The number of hydrogen-bond donors (Lipinski definition) is 1. The fourth-order valence-electron chi connectivity index (χ4n) is 4.09. The Morgan fingerprint density at radius 3 is 2.53 bits per heavy atom. The molecule has 2 atom stereocenters. The second-order valence-corrected chi connectivity index (χ2v) is 10.5. The minimum Gasteiger partial charge on any atom is -0.488 e. The molecule has 1 fully saturated rings. The molecular formula is C25H34F3N5O5. The first-order chi connectivity index (χ1) is 17.6. The van der Waals surface area contributed by atoms with Crippen LogP contribution in [0.4, 0.5) is 18.0 Å². The number of carbonyl (C=O) groups is 2. The van der Waals surface area contributed by atoms with E-state index in [0.717, 1.165) is 0 Å². The van der Waals surface area contributed by atoms with Crippen molar-refractivity contribution >= 4 is 12.1 Å². The summed E-state index contributed by atoms with van der Waals surface area (Å²) in [6.45, 7) is 8.52. The van der Waals surface area contributed by atoms with Crippen molar-refractivity contribution in [2.24, 2.45) is 13.0 Å². The van der Waals surface area contributed by atoms with Crippen molar-refractivity contribution in [3.05, 3.63) is 23.5 Å². The molecule has 1 N–H and O–H groups in total. The third kappa shape index (κ3) is 7.81. The quantitative estimate of drug-likeness (QED) is 0.497. The molecule has 1 unspecified atom stereocenters. The summed E-state index contributed by atoms with van der Waals surface area (Å²) in [4.78, 5) is 28.2. The van der Waals surface area contributed by atoms with Gasteiger partial charge in [0.25, 0.3) is 0 Å². The van der Waals surface area contributed by atoms with Gasteiger partial charge in [-0.05, 0) is 72.4 Å². The summed E-state index contributed by atoms with van der Waals surface area (Å²) < 4.78 is 59.7. The van der Waals surface area contributed by atoms with Gasteiger partial charge >= 0.3 is 18.2 Å². The SMILES string of the molecule is CC(C)OC(=O)[C@H]1CCCC(Oc2ccc(-c3nnn(C)c3CNC(=O)OC(C)(C)C)nc2C(F)(F)F)C1. The van der Waals surface area contributed by atoms with Gasteiger partial charge < -0.3 is 19.5 Å². The van der Waals surface area contributed by atoms with Crippen molar-refractivity contribution in [3.8, 4) is 17.1 Å². The predicted octanol–water partition coefficient (Wildman–Crippen LogP) is 4.81. The van der Waals surface area contributed by atoms with E-state index >= 15 is 0 Å². The van der Waals surface area contributed by atoms with E-state index in [-0.39, 0.29) is 36.4 Å². The van der Waals surface area contributed by atoms with Gasteiger partial charge in [-0.1, -0.05) is 5.21 Å². The molecule has 0 aliphatic heterocycles. The van der Waals surface area contributed by atoms with Gasteiger partial charge in [0.15, 0.2) is 11.4 Å². The van der Waals surface area contributed by atoms with Gasteiger partial charge in [0.1, 0.15) is 11.3 Å². The molecule has 3 rings (SSSR count).